The Kier molecular flexibility index (Phi) is 8.17. The monoisotopic (exact) mass is 446 g/mol. The number of halogens is 2. The van der Waals surface area contributed by atoms with Gasteiger partial charge < -0.3 is 10.2 Å². The molecule has 1 fully saturated rings. The van der Waals surface area contributed by atoms with Gasteiger partial charge >= 0.3 is 0 Å². The Bertz CT molecular complexity index is 864. The fourth-order valence-corrected chi connectivity index (χ4v) is 4.20. The normalized spacial score (nSPS) is 15.0. The number of hydrogen-bond acceptors (Lipinski definition) is 2. The fourth-order valence-electron chi connectivity index (χ4n) is 3.85. The Morgan fingerprint density at radius 2 is 1.73 bits per heavy atom. The predicted octanol–water partition coefficient (Wildman–Crippen LogP) is 5.40. The van der Waals surface area contributed by atoms with Crippen molar-refractivity contribution in [2.75, 3.05) is 0 Å². The summed E-state index contributed by atoms with van der Waals surface area (Å²) in [6.07, 6.45) is 5.13. The molecule has 30 heavy (non-hydrogen) atoms. The minimum absolute atomic E-state index is 0.0704. The first-order valence-corrected chi connectivity index (χ1v) is 11.3. The van der Waals surface area contributed by atoms with E-state index in [0.29, 0.717) is 29.4 Å². The van der Waals surface area contributed by atoms with Crippen molar-refractivity contribution in [3.8, 4) is 0 Å². The van der Waals surface area contributed by atoms with Gasteiger partial charge in [-0.05, 0) is 55.5 Å². The molecule has 1 aliphatic rings. The summed E-state index contributed by atoms with van der Waals surface area (Å²) in [6, 6.07) is 14.6. The number of benzene rings is 2. The highest BCUT2D eigenvalue weighted by molar-refractivity contribution is 6.31. The molecule has 0 aromatic heterocycles. The molecule has 0 spiro atoms. The molecule has 4 nitrogen and oxygen atoms in total. The van der Waals surface area contributed by atoms with Gasteiger partial charge in [-0.25, -0.2) is 0 Å². The minimum atomic E-state index is -0.556. The second-order valence-corrected chi connectivity index (χ2v) is 8.75. The molecular formula is C24H28Cl2N2O2. The Morgan fingerprint density at radius 1 is 1.07 bits per heavy atom. The Labute approximate surface area is 188 Å². The third-order valence-electron chi connectivity index (χ3n) is 5.70. The summed E-state index contributed by atoms with van der Waals surface area (Å²) in [5, 5.41) is 4.41. The lowest BCUT2D eigenvalue weighted by atomic mass is 10.1. The summed E-state index contributed by atoms with van der Waals surface area (Å²) < 4.78 is 0. The molecule has 2 amide bonds. The third kappa shape index (κ3) is 6.23. The zero-order valence-electron chi connectivity index (χ0n) is 17.2. The Hall–Kier alpha value is -2.04. The summed E-state index contributed by atoms with van der Waals surface area (Å²) in [4.78, 5) is 27.7. The van der Waals surface area contributed by atoms with E-state index in [1.54, 1.807) is 24.0 Å². The zero-order chi connectivity index (χ0) is 21.5. The number of hydrogen-bond donors (Lipinski definition) is 1. The van der Waals surface area contributed by atoms with Crippen LogP contribution in [-0.4, -0.2) is 28.8 Å². The number of nitrogens with one attached hydrogen (secondary N) is 1. The largest absolute Gasteiger partial charge is 0.352 e. The van der Waals surface area contributed by atoms with E-state index in [0.717, 1.165) is 36.8 Å². The maximum Gasteiger partial charge on any atom is 0.242 e. The smallest absolute Gasteiger partial charge is 0.242 e. The van der Waals surface area contributed by atoms with Crippen LogP contribution in [0.25, 0.3) is 0 Å². The van der Waals surface area contributed by atoms with Gasteiger partial charge in [0.15, 0.2) is 0 Å². The molecular weight excluding hydrogens is 419 g/mol. The number of carbonyl (C=O) groups is 2. The van der Waals surface area contributed by atoms with Crippen LogP contribution in [-0.2, 0) is 22.6 Å². The highest BCUT2D eigenvalue weighted by Gasteiger charge is 2.28. The summed E-state index contributed by atoms with van der Waals surface area (Å²) in [5.74, 6) is -0.166. The van der Waals surface area contributed by atoms with Gasteiger partial charge in [0, 0.05) is 29.1 Å². The van der Waals surface area contributed by atoms with Crippen LogP contribution in [0.4, 0.5) is 0 Å². The Balaban J connectivity index is 1.71. The van der Waals surface area contributed by atoms with Gasteiger partial charge in [0.2, 0.25) is 11.8 Å². The van der Waals surface area contributed by atoms with Crippen LogP contribution in [0.2, 0.25) is 10.0 Å². The van der Waals surface area contributed by atoms with E-state index in [1.807, 2.05) is 36.4 Å². The SMILES string of the molecule is C[C@H](C(=O)NC1CCCC1)N(Cc1ccc(Cl)cc1)C(=O)CCc1ccccc1Cl. The average Bonchev–Trinajstić information content (AvgIpc) is 3.25. The molecule has 0 heterocycles. The second-order valence-electron chi connectivity index (χ2n) is 7.91. The summed E-state index contributed by atoms with van der Waals surface area (Å²) in [5.41, 5.74) is 1.87. The average molecular weight is 447 g/mol. The fraction of sp³-hybridized carbons (Fsp3) is 0.417. The topological polar surface area (TPSA) is 49.4 Å². The first-order valence-electron chi connectivity index (χ1n) is 10.5. The van der Waals surface area contributed by atoms with Crippen molar-refractivity contribution in [1.82, 2.24) is 10.2 Å². The van der Waals surface area contributed by atoms with Gasteiger partial charge in [-0.1, -0.05) is 66.4 Å². The second kappa shape index (κ2) is 10.8. The van der Waals surface area contributed by atoms with Crippen LogP contribution in [0.5, 0.6) is 0 Å². The lowest BCUT2D eigenvalue weighted by molar-refractivity contribution is -0.140. The molecule has 2 aromatic rings. The van der Waals surface area contributed by atoms with Crippen LogP contribution in [0.15, 0.2) is 48.5 Å². The van der Waals surface area contributed by atoms with Crippen LogP contribution in [0, 0.1) is 0 Å². The quantitative estimate of drug-likeness (QED) is 0.589. The number of amides is 2. The maximum atomic E-state index is 13.2. The molecule has 0 bridgehead atoms. The summed E-state index contributed by atoms with van der Waals surface area (Å²) in [6.45, 7) is 2.16. The first-order chi connectivity index (χ1) is 14.4. The van der Waals surface area contributed by atoms with Gasteiger partial charge in [-0.2, -0.15) is 0 Å². The van der Waals surface area contributed by atoms with Crippen molar-refractivity contribution in [2.45, 2.75) is 64.1 Å². The number of nitrogens with zero attached hydrogens (tertiary/aromatic N) is 1. The van der Waals surface area contributed by atoms with Crippen molar-refractivity contribution in [3.63, 3.8) is 0 Å². The number of rotatable bonds is 8. The van der Waals surface area contributed by atoms with E-state index in [9.17, 15) is 9.59 Å². The standard InChI is InChI=1S/C24H28Cl2N2O2/c1-17(24(30)27-21-7-3-4-8-21)28(16-18-10-13-20(25)14-11-18)23(29)15-12-19-6-2-5-9-22(19)26/h2,5-6,9-11,13-14,17,21H,3-4,7-8,12,15-16H2,1H3,(H,27,30)/t17-/m1/s1. The van der Waals surface area contributed by atoms with Crippen LogP contribution < -0.4 is 5.32 Å². The van der Waals surface area contributed by atoms with Crippen LogP contribution in [0.3, 0.4) is 0 Å². The van der Waals surface area contributed by atoms with Crippen LogP contribution in [0.1, 0.15) is 50.2 Å². The molecule has 1 aliphatic carbocycles. The maximum absolute atomic E-state index is 13.2. The third-order valence-corrected chi connectivity index (χ3v) is 6.32. The van der Waals surface area contributed by atoms with Gasteiger partial charge in [-0.15, -0.1) is 0 Å². The molecule has 1 N–H and O–H groups in total. The first kappa shape index (κ1) is 22.6. The van der Waals surface area contributed by atoms with Crippen molar-refractivity contribution >= 4 is 35.0 Å². The summed E-state index contributed by atoms with van der Waals surface area (Å²) >= 11 is 12.2. The molecule has 160 valence electrons. The van der Waals surface area contributed by atoms with Crippen molar-refractivity contribution in [1.29, 1.82) is 0 Å². The van der Waals surface area contributed by atoms with E-state index in [2.05, 4.69) is 5.32 Å². The predicted molar refractivity (Wildman–Crippen MR) is 122 cm³/mol. The summed E-state index contributed by atoms with van der Waals surface area (Å²) in [7, 11) is 0. The zero-order valence-corrected chi connectivity index (χ0v) is 18.8. The minimum Gasteiger partial charge on any atom is -0.352 e. The lowest BCUT2D eigenvalue weighted by Gasteiger charge is -2.30. The molecule has 0 unspecified atom stereocenters. The van der Waals surface area contributed by atoms with E-state index in [1.165, 1.54) is 0 Å². The van der Waals surface area contributed by atoms with Gasteiger partial charge in [0.05, 0.1) is 0 Å². The molecule has 0 saturated heterocycles. The lowest BCUT2D eigenvalue weighted by Crippen LogP contribution is -2.49. The molecule has 6 heteroatoms. The number of carbonyl (C=O) groups excluding carboxylic acids is 2. The molecule has 3 rings (SSSR count). The van der Waals surface area contributed by atoms with Crippen LogP contribution >= 0.6 is 23.2 Å². The molecule has 1 atom stereocenters. The number of aryl methyl sites for hydroxylation is 1. The van der Waals surface area contributed by atoms with Crippen molar-refractivity contribution in [3.05, 3.63) is 69.7 Å². The molecule has 2 aromatic carbocycles. The van der Waals surface area contributed by atoms with E-state index < -0.39 is 6.04 Å². The van der Waals surface area contributed by atoms with E-state index in [-0.39, 0.29) is 17.9 Å². The van der Waals surface area contributed by atoms with Crippen molar-refractivity contribution < 1.29 is 9.59 Å². The van der Waals surface area contributed by atoms with Gasteiger partial charge in [-0.3, -0.25) is 9.59 Å². The molecule has 0 radical (unpaired) electrons. The molecule has 1 saturated carbocycles. The van der Waals surface area contributed by atoms with E-state index in [4.69, 9.17) is 23.2 Å². The molecule has 0 aliphatic heterocycles. The van der Waals surface area contributed by atoms with E-state index >= 15 is 0 Å². The Morgan fingerprint density at radius 3 is 2.40 bits per heavy atom. The van der Waals surface area contributed by atoms with Gasteiger partial charge in [0.25, 0.3) is 0 Å². The highest BCUT2D eigenvalue weighted by atomic mass is 35.5. The highest BCUT2D eigenvalue weighted by Crippen LogP contribution is 2.21. The van der Waals surface area contributed by atoms with Crippen molar-refractivity contribution in [2.24, 2.45) is 0 Å². The van der Waals surface area contributed by atoms with Gasteiger partial charge in [0.1, 0.15) is 6.04 Å².